The first kappa shape index (κ1) is 20.3. The SMILES string of the molecule is CC(Nc1ccn2ncc(-c3cnn(C4CC4)c3)c2n1)c1cc(F)ccc1OCC(F)F. The first-order valence-electron chi connectivity index (χ1n) is 10.3. The Hall–Kier alpha value is -3.56. The lowest BCUT2D eigenvalue weighted by molar-refractivity contribution is 0.0813. The molecule has 3 heterocycles. The first-order chi connectivity index (χ1) is 15.5. The summed E-state index contributed by atoms with van der Waals surface area (Å²) in [6.07, 6.45) is 6.98. The second-order valence-electron chi connectivity index (χ2n) is 7.83. The Kier molecular flexibility index (Phi) is 5.20. The highest BCUT2D eigenvalue weighted by Crippen LogP contribution is 2.36. The molecule has 1 saturated carbocycles. The van der Waals surface area contributed by atoms with Crippen molar-refractivity contribution in [2.45, 2.75) is 38.3 Å². The molecule has 3 aromatic heterocycles. The van der Waals surface area contributed by atoms with Crippen LogP contribution >= 0.6 is 0 Å². The monoisotopic (exact) mass is 442 g/mol. The molecule has 1 N–H and O–H groups in total. The Morgan fingerprint density at radius 1 is 1.19 bits per heavy atom. The number of fused-ring (bicyclic) bond motifs is 1. The maximum Gasteiger partial charge on any atom is 0.272 e. The van der Waals surface area contributed by atoms with Crippen LogP contribution in [0.2, 0.25) is 0 Å². The van der Waals surface area contributed by atoms with Crippen molar-refractivity contribution >= 4 is 11.5 Å². The van der Waals surface area contributed by atoms with Crippen LogP contribution in [0.15, 0.2) is 49.1 Å². The fourth-order valence-corrected chi connectivity index (χ4v) is 3.61. The first-order valence-corrected chi connectivity index (χ1v) is 10.3. The summed E-state index contributed by atoms with van der Waals surface area (Å²) in [5, 5.41) is 12.0. The van der Waals surface area contributed by atoms with Gasteiger partial charge in [0.05, 0.1) is 24.5 Å². The van der Waals surface area contributed by atoms with E-state index >= 15 is 0 Å². The number of aromatic nitrogens is 5. The number of hydrogen-bond acceptors (Lipinski definition) is 5. The van der Waals surface area contributed by atoms with Gasteiger partial charge in [0.1, 0.15) is 24.0 Å². The molecular weight excluding hydrogens is 421 g/mol. The molecular formula is C22H21F3N6O. The number of ether oxygens (including phenoxy) is 1. The topological polar surface area (TPSA) is 69.3 Å². The zero-order valence-corrected chi connectivity index (χ0v) is 17.3. The lowest BCUT2D eigenvalue weighted by Crippen LogP contribution is -2.13. The van der Waals surface area contributed by atoms with Gasteiger partial charge in [-0.1, -0.05) is 0 Å². The Morgan fingerprint density at radius 2 is 2.03 bits per heavy atom. The maximum absolute atomic E-state index is 13.8. The molecule has 0 saturated heterocycles. The summed E-state index contributed by atoms with van der Waals surface area (Å²) in [7, 11) is 0. The van der Waals surface area contributed by atoms with Crippen molar-refractivity contribution in [1.29, 1.82) is 0 Å². The molecule has 1 aliphatic carbocycles. The summed E-state index contributed by atoms with van der Waals surface area (Å²) < 4.78 is 47.8. The molecule has 1 unspecified atom stereocenters. The van der Waals surface area contributed by atoms with E-state index < -0.39 is 24.9 Å². The Bertz CT molecular complexity index is 1250. The summed E-state index contributed by atoms with van der Waals surface area (Å²) in [6, 6.07) is 5.58. The molecule has 7 nitrogen and oxygen atoms in total. The molecule has 0 radical (unpaired) electrons. The molecule has 32 heavy (non-hydrogen) atoms. The van der Waals surface area contributed by atoms with Gasteiger partial charge < -0.3 is 10.1 Å². The number of alkyl halides is 2. The Morgan fingerprint density at radius 3 is 2.81 bits per heavy atom. The molecule has 4 aromatic rings. The van der Waals surface area contributed by atoms with Crippen LogP contribution in [0.5, 0.6) is 5.75 Å². The molecule has 1 aliphatic rings. The van der Waals surface area contributed by atoms with Gasteiger partial charge in [0.15, 0.2) is 5.65 Å². The molecule has 10 heteroatoms. The smallest absolute Gasteiger partial charge is 0.272 e. The number of nitrogens with zero attached hydrogens (tertiary/aromatic N) is 5. The molecule has 0 aliphatic heterocycles. The Labute approximate surface area is 181 Å². The maximum atomic E-state index is 13.8. The van der Waals surface area contributed by atoms with Gasteiger partial charge >= 0.3 is 0 Å². The predicted octanol–water partition coefficient (Wildman–Crippen LogP) is 4.88. The van der Waals surface area contributed by atoms with Gasteiger partial charge in [-0.25, -0.2) is 22.7 Å². The van der Waals surface area contributed by atoms with Gasteiger partial charge in [0.25, 0.3) is 6.43 Å². The highest BCUT2D eigenvalue weighted by molar-refractivity contribution is 5.76. The van der Waals surface area contributed by atoms with Crippen LogP contribution in [0, 0.1) is 5.82 Å². The third kappa shape index (κ3) is 4.12. The standard InChI is InChI=1S/C22H21F3N6O/c1-13(17-8-15(23)2-5-19(17)32-12-20(24)25)28-21-6-7-30-22(29-21)18(10-27-30)14-9-26-31(11-14)16-3-4-16/h2,5-11,13,16,20H,3-4,12H2,1H3,(H,28,29). The van der Waals surface area contributed by atoms with Crippen LogP contribution in [0.4, 0.5) is 19.0 Å². The van der Waals surface area contributed by atoms with E-state index in [-0.39, 0.29) is 5.75 Å². The highest BCUT2D eigenvalue weighted by atomic mass is 19.3. The number of anilines is 1. The fourth-order valence-electron chi connectivity index (χ4n) is 3.61. The minimum atomic E-state index is -2.62. The third-order valence-corrected chi connectivity index (χ3v) is 5.37. The largest absolute Gasteiger partial charge is 0.487 e. The van der Waals surface area contributed by atoms with Gasteiger partial charge in [-0.2, -0.15) is 10.2 Å². The second kappa shape index (κ2) is 8.18. The van der Waals surface area contributed by atoms with Crippen LogP contribution < -0.4 is 10.1 Å². The normalized spacial score (nSPS) is 14.8. The van der Waals surface area contributed by atoms with Gasteiger partial charge in [-0.05, 0) is 44.0 Å². The molecule has 1 aromatic carbocycles. The van der Waals surface area contributed by atoms with E-state index in [1.54, 1.807) is 36.1 Å². The van der Waals surface area contributed by atoms with E-state index in [4.69, 9.17) is 4.74 Å². The van der Waals surface area contributed by atoms with Crippen molar-refractivity contribution in [3.8, 4) is 16.9 Å². The molecule has 166 valence electrons. The second-order valence-corrected chi connectivity index (χ2v) is 7.83. The average Bonchev–Trinajstić information content (AvgIpc) is 3.35. The van der Waals surface area contributed by atoms with E-state index in [0.717, 1.165) is 24.0 Å². The summed E-state index contributed by atoms with van der Waals surface area (Å²) >= 11 is 0. The number of nitrogens with one attached hydrogen (secondary N) is 1. The van der Waals surface area contributed by atoms with Crippen molar-refractivity contribution in [2.75, 3.05) is 11.9 Å². The van der Waals surface area contributed by atoms with Crippen LogP contribution in [-0.2, 0) is 0 Å². The zero-order chi connectivity index (χ0) is 22.2. The van der Waals surface area contributed by atoms with Crippen LogP contribution in [0.25, 0.3) is 16.8 Å². The highest BCUT2D eigenvalue weighted by Gasteiger charge is 2.25. The van der Waals surface area contributed by atoms with Crippen molar-refractivity contribution in [2.24, 2.45) is 0 Å². The van der Waals surface area contributed by atoms with E-state index in [0.29, 0.717) is 23.1 Å². The van der Waals surface area contributed by atoms with E-state index in [1.165, 1.54) is 18.2 Å². The quantitative estimate of drug-likeness (QED) is 0.421. The number of halogens is 3. The molecule has 1 fully saturated rings. The summed E-state index contributed by atoms with van der Waals surface area (Å²) in [5.74, 6) is 0.253. The number of hydrogen-bond donors (Lipinski definition) is 1. The van der Waals surface area contributed by atoms with Crippen molar-refractivity contribution in [1.82, 2.24) is 24.4 Å². The summed E-state index contributed by atoms with van der Waals surface area (Å²) in [6.45, 7) is 1.02. The number of benzene rings is 1. The Balaban J connectivity index is 1.41. The number of rotatable bonds is 8. The van der Waals surface area contributed by atoms with E-state index in [1.807, 2.05) is 10.9 Å². The van der Waals surface area contributed by atoms with Crippen LogP contribution in [0.1, 0.15) is 37.4 Å². The average molecular weight is 442 g/mol. The van der Waals surface area contributed by atoms with E-state index in [2.05, 4.69) is 20.5 Å². The third-order valence-electron chi connectivity index (χ3n) is 5.37. The summed E-state index contributed by atoms with van der Waals surface area (Å²) in [5.41, 5.74) is 2.84. The molecule has 0 amide bonds. The lowest BCUT2D eigenvalue weighted by atomic mass is 10.1. The van der Waals surface area contributed by atoms with Crippen LogP contribution in [0.3, 0.4) is 0 Å². The molecule has 0 spiro atoms. The minimum absolute atomic E-state index is 0.199. The van der Waals surface area contributed by atoms with Gasteiger partial charge in [0.2, 0.25) is 0 Å². The van der Waals surface area contributed by atoms with Gasteiger partial charge in [-0.3, -0.25) is 4.68 Å². The van der Waals surface area contributed by atoms with Crippen molar-refractivity contribution in [3.63, 3.8) is 0 Å². The molecule has 5 rings (SSSR count). The summed E-state index contributed by atoms with van der Waals surface area (Å²) in [4.78, 5) is 4.67. The zero-order valence-electron chi connectivity index (χ0n) is 17.3. The van der Waals surface area contributed by atoms with E-state index in [9.17, 15) is 13.2 Å². The predicted molar refractivity (Wildman–Crippen MR) is 112 cm³/mol. The fraction of sp³-hybridized carbons (Fsp3) is 0.318. The van der Waals surface area contributed by atoms with Crippen molar-refractivity contribution in [3.05, 3.63) is 60.4 Å². The van der Waals surface area contributed by atoms with Gasteiger partial charge in [0, 0.05) is 29.1 Å². The molecule has 0 bridgehead atoms. The lowest BCUT2D eigenvalue weighted by Gasteiger charge is -2.19. The van der Waals surface area contributed by atoms with Crippen molar-refractivity contribution < 1.29 is 17.9 Å². The minimum Gasteiger partial charge on any atom is -0.487 e. The van der Waals surface area contributed by atoms with Gasteiger partial charge in [-0.15, -0.1) is 0 Å². The van der Waals surface area contributed by atoms with Crippen LogP contribution in [-0.4, -0.2) is 37.4 Å². The molecule has 1 atom stereocenters.